The van der Waals surface area contributed by atoms with Crippen molar-refractivity contribution in [2.24, 2.45) is 0 Å². The van der Waals surface area contributed by atoms with Crippen molar-refractivity contribution in [3.63, 3.8) is 0 Å². The molecule has 32 heavy (non-hydrogen) atoms. The van der Waals surface area contributed by atoms with E-state index >= 15 is 4.57 Å². The van der Waals surface area contributed by atoms with Gasteiger partial charge in [-0.1, -0.05) is 97.1 Å². The van der Waals surface area contributed by atoms with E-state index in [-0.39, 0.29) is 12.0 Å². The largest absolute Gasteiger partial charge is 0.300 e. The summed E-state index contributed by atoms with van der Waals surface area (Å²) in [7, 11) is -0.929. The SMILES string of the molecule is CN1[C@@H](c2ccccc2)[C@@H]2c3ccccc3C=C[C@]2(C)[P@@]1(=O)c1ccc2ccccc2c1. The van der Waals surface area contributed by atoms with Crippen LogP contribution in [0.25, 0.3) is 16.8 Å². The number of allylic oxidation sites excluding steroid dienone is 1. The molecule has 6 rings (SSSR count). The molecule has 1 heterocycles. The van der Waals surface area contributed by atoms with Gasteiger partial charge >= 0.3 is 0 Å². The van der Waals surface area contributed by atoms with Gasteiger partial charge in [-0.15, -0.1) is 0 Å². The normalized spacial score (nSPS) is 29.1. The van der Waals surface area contributed by atoms with Gasteiger partial charge in [0, 0.05) is 17.3 Å². The fourth-order valence-electron chi connectivity index (χ4n) is 6.02. The van der Waals surface area contributed by atoms with Crippen LogP contribution in [0.15, 0.2) is 103 Å². The highest BCUT2D eigenvalue weighted by Gasteiger charge is 2.63. The summed E-state index contributed by atoms with van der Waals surface area (Å²) in [5.41, 5.74) is 3.74. The minimum Gasteiger partial charge on any atom is -0.300 e. The Morgan fingerprint density at radius 2 is 1.50 bits per heavy atom. The minimum absolute atomic E-state index is 0.0320. The van der Waals surface area contributed by atoms with Gasteiger partial charge in [0.2, 0.25) is 0 Å². The van der Waals surface area contributed by atoms with Crippen LogP contribution < -0.4 is 5.30 Å². The summed E-state index contributed by atoms with van der Waals surface area (Å²) in [6.07, 6.45) is 4.41. The van der Waals surface area contributed by atoms with Crippen LogP contribution >= 0.6 is 7.29 Å². The van der Waals surface area contributed by atoms with Crippen LogP contribution in [0.2, 0.25) is 0 Å². The smallest absolute Gasteiger partial charge is 0.188 e. The molecule has 0 aromatic heterocycles. The van der Waals surface area contributed by atoms with Crippen LogP contribution in [0.4, 0.5) is 0 Å². The zero-order valence-electron chi connectivity index (χ0n) is 18.3. The molecule has 1 aliphatic heterocycles. The molecule has 1 saturated heterocycles. The lowest BCUT2D eigenvalue weighted by Gasteiger charge is -2.38. The Bertz CT molecular complexity index is 1410. The molecule has 1 aliphatic carbocycles. The summed E-state index contributed by atoms with van der Waals surface area (Å²) in [5, 5.41) is 2.75. The van der Waals surface area contributed by atoms with Gasteiger partial charge in [-0.05, 0) is 53.6 Å². The molecule has 0 radical (unpaired) electrons. The highest BCUT2D eigenvalue weighted by Crippen LogP contribution is 2.76. The molecule has 4 aromatic rings. The molecule has 2 aliphatic rings. The average molecular weight is 436 g/mol. The maximum Gasteiger partial charge on any atom is 0.188 e. The second kappa shape index (κ2) is 7.04. The molecular formula is C29H26NOP. The van der Waals surface area contributed by atoms with Crippen LogP contribution in [-0.2, 0) is 4.57 Å². The quantitative estimate of drug-likeness (QED) is 0.316. The van der Waals surface area contributed by atoms with E-state index in [2.05, 4.69) is 128 Å². The predicted molar refractivity (Wildman–Crippen MR) is 135 cm³/mol. The molecule has 4 atom stereocenters. The number of hydrogen-bond donors (Lipinski definition) is 0. The summed E-state index contributed by atoms with van der Waals surface area (Å²) < 4.78 is 17.5. The first-order valence-corrected chi connectivity index (χ1v) is 12.9. The Labute approximate surface area is 189 Å². The average Bonchev–Trinajstić information content (AvgIpc) is 3.03. The molecule has 0 spiro atoms. The molecule has 0 N–H and O–H groups in total. The monoisotopic (exact) mass is 435 g/mol. The van der Waals surface area contributed by atoms with Gasteiger partial charge in [0.1, 0.15) is 0 Å². The molecule has 0 saturated carbocycles. The molecule has 0 amide bonds. The molecule has 1 fully saturated rings. The first-order valence-electron chi connectivity index (χ1n) is 11.2. The van der Waals surface area contributed by atoms with Crippen LogP contribution in [0.3, 0.4) is 0 Å². The van der Waals surface area contributed by atoms with Crippen LogP contribution in [0.5, 0.6) is 0 Å². The molecule has 0 bridgehead atoms. The van der Waals surface area contributed by atoms with Crippen molar-refractivity contribution in [2.45, 2.75) is 24.0 Å². The third-order valence-corrected chi connectivity index (χ3v) is 11.4. The third kappa shape index (κ3) is 2.54. The summed E-state index contributed by atoms with van der Waals surface area (Å²) >= 11 is 0. The third-order valence-electron chi connectivity index (χ3n) is 7.60. The lowest BCUT2D eigenvalue weighted by molar-refractivity contribution is 0.364. The second-order valence-corrected chi connectivity index (χ2v) is 12.5. The van der Waals surface area contributed by atoms with E-state index < -0.39 is 12.4 Å². The van der Waals surface area contributed by atoms with E-state index in [1.54, 1.807) is 0 Å². The Kier molecular flexibility index (Phi) is 4.34. The van der Waals surface area contributed by atoms with Crippen LogP contribution in [0.1, 0.15) is 35.6 Å². The maximum absolute atomic E-state index is 15.3. The molecule has 2 nitrogen and oxygen atoms in total. The van der Waals surface area contributed by atoms with Crippen molar-refractivity contribution < 1.29 is 4.57 Å². The Morgan fingerprint density at radius 1 is 0.812 bits per heavy atom. The van der Waals surface area contributed by atoms with Gasteiger partial charge in [0.05, 0.1) is 5.16 Å². The van der Waals surface area contributed by atoms with Gasteiger partial charge < -0.3 is 4.57 Å². The highest BCUT2D eigenvalue weighted by molar-refractivity contribution is 7.71. The van der Waals surface area contributed by atoms with Crippen molar-refractivity contribution in [3.05, 3.63) is 120 Å². The topological polar surface area (TPSA) is 20.3 Å². The van der Waals surface area contributed by atoms with Gasteiger partial charge in [0.25, 0.3) is 0 Å². The molecular weight excluding hydrogens is 409 g/mol. The van der Waals surface area contributed by atoms with Crippen LogP contribution in [0, 0.1) is 0 Å². The van der Waals surface area contributed by atoms with E-state index in [4.69, 9.17) is 0 Å². The fraction of sp³-hybridized carbons (Fsp3) is 0.172. The van der Waals surface area contributed by atoms with E-state index in [1.165, 1.54) is 22.1 Å². The van der Waals surface area contributed by atoms with Gasteiger partial charge in [-0.2, -0.15) is 0 Å². The summed E-state index contributed by atoms with van der Waals surface area (Å²) in [4.78, 5) is 0. The van der Waals surface area contributed by atoms with E-state index in [1.807, 2.05) is 0 Å². The first kappa shape index (κ1) is 19.7. The highest BCUT2D eigenvalue weighted by atomic mass is 31.2. The van der Waals surface area contributed by atoms with Crippen molar-refractivity contribution >= 4 is 29.4 Å². The van der Waals surface area contributed by atoms with E-state index in [9.17, 15) is 0 Å². The first-order chi connectivity index (χ1) is 15.5. The van der Waals surface area contributed by atoms with Crippen molar-refractivity contribution in [1.82, 2.24) is 4.67 Å². The summed E-state index contributed by atoms with van der Waals surface area (Å²) in [6.45, 7) is 2.21. The number of fused-ring (bicyclic) bond motifs is 4. The fourth-order valence-corrected chi connectivity index (χ4v) is 9.76. The number of likely N-dealkylation sites (N-methyl/N-ethyl adjacent to an activating group) is 1. The molecule has 158 valence electrons. The number of hydrogen-bond acceptors (Lipinski definition) is 1. The predicted octanol–water partition coefficient (Wildman–Crippen LogP) is 7.00. The van der Waals surface area contributed by atoms with Crippen molar-refractivity contribution in [3.8, 4) is 0 Å². The maximum atomic E-state index is 15.3. The Hall–Kier alpha value is -2.93. The van der Waals surface area contributed by atoms with Crippen molar-refractivity contribution in [2.75, 3.05) is 7.05 Å². The zero-order valence-corrected chi connectivity index (χ0v) is 19.2. The van der Waals surface area contributed by atoms with Gasteiger partial charge in [-0.25, -0.2) is 4.67 Å². The zero-order chi connectivity index (χ0) is 21.9. The number of nitrogens with zero attached hydrogens (tertiary/aromatic N) is 1. The summed E-state index contributed by atoms with van der Waals surface area (Å²) in [6, 6.07) is 33.9. The standard InChI is InChI=1S/C29H26NOP/c1-29-19-18-22-11-8-9-15-26(22)27(29)28(23-12-4-3-5-13-23)30(2)32(29,31)25-17-16-21-10-6-7-14-24(21)20-25/h3-20,27-28H,1-2H3/t27-,28-,29-,32-/m0/s1. The number of rotatable bonds is 2. The van der Waals surface area contributed by atoms with E-state index in [0.29, 0.717) is 0 Å². The Balaban J connectivity index is 1.63. The molecule has 0 unspecified atom stereocenters. The summed E-state index contributed by atoms with van der Waals surface area (Å²) in [5.74, 6) is 0.105. The van der Waals surface area contributed by atoms with E-state index in [0.717, 1.165) is 10.7 Å². The minimum atomic E-state index is -2.99. The molecule has 3 heteroatoms. The second-order valence-electron chi connectivity index (χ2n) is 9.20. The van der Waals surface area contributed by atoms with Crippen molar-refractivity contribution in [1.29, 1.82) is 0 Å². The van der Waals surface area contributed by atoms with Gasteiger partial charge in [-0.3, -0.25) is 0 Å². The van der Waals surface area contributed by atoms with Crippen LogP contribution in [-0.4, -0.2) is 16.9 Å². The van der Waals surface area contributed by atoms with Gasteiger partial charge in [0.15, 0.2) is 7.29 Å². The lowest BCUT2D eigenvalue weighted by atomic mass is 9.73. The Morgan fingerprint density at radius 3 is 2.31 bits per heavy atom. The lowest BCUT2D eigenvalue weighted by Crippen LogP contribution is -2.33. The number of benzene rings is 4. The molecule has 4 aromatic carbocycles.